The van der Waals surface area contributed by atoms with Crippen LogP contribution in [0.5, 0.6) is 0 Å². The standard InChI is InChI=1S/C11H8N2OS/c1-7-4-5-15-10(7)9-3-2-8(6-12)11(14)13-9/h2-5H,1H3,(H,13,14). The number of H-pyrrole nitrogens is 1. The predicted octanol–water partition coefficient (Wildman–Crippen LogP) is 2.28. The van der Waals surface area contributed by atoms with Crippen LogP contribution in [0.25, 0.3) is 10.6 Å². The van der Waals surface area contributed by atoms with Crippen molar-refractivity contribution >= 4 is 11.3 Å². The van der Waals surface area contributed by atoms with Gasteiger partial charge in [0.05, 0.1) is 10.6 Å². The van der Waals surface area contributed by atoms with Crippen molar-refractivity contribution < 1.29 is 0 Å². The van der Waals surface area contributed by atoms with E-state index in [1.807, 2.05) is 24.4 Å². The smallest absolute Gasteiger partial charge is 0.266 e. The molecule has 4 heteroatoms. The lowest BCUT2D eigenvalue weighted by Gasteiger charge is -1.99. The lowest BCUT2D eigenvalue weighted by Crippen LogP contribution is -2.09. The summed E-state index contributed by atoms with van der Waals surface area (Å²) >= 11 is 1.57. The lowest BCUT2D eigenvalue weighted by atomic mass is 10.2. The molecule has 0 saturated carbocycles. The maximum absolute atomic E-state index is 11.4. The minimum Gasteiger partial charge on any atom is -0.320 e. The molecule has 1 N–H and O–H groups in total. The van der Waals surface area contributed by atoms with Gasteiger partial charge in [-0.15, -0.1) is 11.3 Å². The van der Waals surface area contributed by atoms with Crippen molar-refractivity contribution in [1.29, 1.82) is 5.26 Å². The number of hydrogen-bond acceptors (Lipinski definition) is 3. The van der Waals surface area contributed by atoms with Gasteiger partial charge in [0.1, 0.15) is 11.6 Å². The molecule has 0 bridgehead atoms. The molecule has 0 amide bonds. The molecule has 2 rings (SSSR count). The third-order valence-corrected chi connectivity index (χ3v) is 3.19. The van der Waals surface area contributed by atoms with Gasteiger partial charge in [-0.1, -0.05) is 0 Å². The number of hydrogen-bond donors (Lipinski definition) is 1. The number of aromatic nitrogens is 1. The number of nitrogens with one attached hydrogen (secondary N) is 1. The largest absolute Gasteiger partial charge is 0.320 e. The molecule has 0 aliphatic heterocycles. The summed E-state index contributed by atoms with van der Waals surface area (Å²) < 4.78 is 0. The predicted molar refractivity (Wildman–Crippen MR) is 59.8 cm³/mol. The van der Waals surface area contributed by atoms with Crippen LogP contribution in [0, 0.1) is 18.3 Å². The van der Waals surface area contributed by atoms with Crippen LogP contribution < -0.4 is 5.56 Å². The Morgan fingerprint density at radius 1 is 1.40 bits per heavy atom. The number of nitriles is 1. The number of aromatic amines is 1. The van der Waals surface area contributed by atoms with E-state index in [9.17, 15) is 4.79 Å². The highest BCUT2D eigenvalue weighted by molar-refractivity contribution is 7.13. The quantitative estimate of drug-likeness (QED) is 0.795. The summed E-state index contributed by atoms with van der Waals surface area (Å²) in [4.78, 5) is 15.1. The summed E-state index contributed by atoms with van der Waals surface area (Å²) in [5.74, 6) is 0. The Labute approximate surface area is 90.6 Å². The molecule has 0 atom stereocenters. The van der Waals surface area contributed by atoms with E-state index in [0.717, 1.165) is 16.1 Å². The Morgan fingerprint density at radius 2 is 2.20 bits per heavy atom. The summed E-state index contributed by atoms with van der Waals surface area (Å²) in [6, 6.07) is 7.15. The fourth-order valence-corrected chi connectivity index (χ4v) is 2.25. The van der Waals surface area contributed by atoms with Gasteiger partial charge in [-0.25, -0.2) is 0 Å². The van der Waals surface area contributed by atoms with Crippen molar-refractivity contribution in [3.05, 3.63) is 45.1 Å². The Morgan fingerprint density at radius 3 is 2.73 bits per heavy atom. The van der Waals surface area contributed by atoms with Crippen LogP contribution in [-0.2, 0) is 0 Å². The zero-order chi connectivity index (χ0) is 10.8. The first kappa shape index (κ1) is 9.69. The maximum atomic E-state index is 11.4. The maximum Gasteiger partial charge on any atom is 0.266 e. The van der Waals surface area contributed by atoms with Crippen molar-refractivity contribution in [3.63, 3.8) is 0 Å². The molecule has 3 nitrogen and oxygen atoms in total. The van der Waals surface area contributed by atoms with E-state index in [0.29, 0.717) is 0 Å². The second-order valence-corrected chi connectivity index (χ2v) is 4.08. The van der Waals surface area contributed by atoms with Crippen molar-refractivity contribution in [2.75, 3.05) is 0 Å². The highest BCUT2D eigenvalue weighted by Crippen LogP contribution is 2.26. The molecular weight excluding hydrogens is 208 g/mol. The molecule has 2 aromatic heterocycles. The van der Waals surface area contributed by atoms with Gasteiger partial charge in [-0.05, 0) is 36.1 Å². The monoisotopic (exact) mass is 216 g/mol. The van der Waals surface area contributed by atoms with Crippen LogP contribution in [0.1, 0.15) is 11.1 Å². The van der Waals surface area contributed by atoms with E-state index in [-0.39, 0.29) is 11.1 Å². The Kier molecular flexibility index (Phi) is 2.40. The average molecular weight is 216 g/mol. The van der Waals surface area contributed by atoms with Gasteiger partial charge in [0.15, 0.2) is 0 Å². The molecule has 0 aliphatic rings. The van der Waals surface area contributed by atoms with Gasteiger partial charge < -0.3 is 4.98 Å². The van der Waals surface area contributed by atoms with Crippen LogP contribution in [0.3, 0.4) is 0 Å². The molecule has 0 aliphatic carbocycles. The van der Waals surface area contributed by atoms with Gasteiger partial charge in [0.25, 0.3) is 5.56 Å². The van der Waals surface area contributed by atoms with Crippen molar-refractivity contribution in [1.82, 2.24) is 4.98 Å². The Balaban J connectivity index is 2.58. The van der Waals surface area contributed by atoms with E-state index in [1.165, 1.54) is 0 Å². The van der Waals surface area contributed by atoms with E-state index < -0.39 is 0 Å². The van der Waals surface area contributed by atoms with Crippen molar-refractivity contribution in [3.8, 4) is 16.6 Å². The van der Waals surface area contributed by atoms with Crippen LogP contribution in [-0.4, -0.2) is 4.98 Å². The highest BCUT2D eigenvalue weighted by atomic mass is 32.1. The van der Waals surface area contributed by atoms with Gasteiger partial charge >= 0.3 is 0 Å². The van der Waals surface area contributed by atoms with E-state index in [1.54, 1.807) is 23.5 Å². The van der Waals surface area contributed by atoms with E-state index >= 15 is 0 Å². The molecule has 0 spiro atoms. The summed E-state index contributed by atoms with van der Waals surface area (Å²) in [7, 11) is 0. The van der Waals surface area contributed by atoms with Crippen molar-refractivity contribution in [2.24, 2.45) is 0 Å². The third kappa shape index (κ3) is 1.69. The number of pyridine rings is 1. The number of rotatable bonds is 1. The topological polar surface area (TPSA) is 56.6 Å². The summed E-state index contributed by atoms with van der Waals surface area (Å²) in [5.41, 5.74) is 1.71. The fraction of sp³-hybridized carbons (Fsp3) is 0.0909. The second-order valence-electron chi connectivity index (χ2n) is 3.16. The molecule has 0 saturated heterocycles. The lowest BCUT2D eigenvalue weighted by molar-refractivity contribution is 1.22. The van der Waals surface area contributed by atoms with Crippen LogP contribution in [0.4, 0.5) is 0 Å². The average Bonchev–Trinajstić information content (AvgIpc) is 2.64. The normalized spacial score (nSPS) is 9.87. The summed E-state index contributed by atoms with van der Waals surface area (Å²) in [6.07, 6.45) is 0. The minimum atomic E-state index is -0.331. The zero-order valence-electron chi connectivity index (χ0n) is 8.07. The summed E-state index contributed by atoms with van der Waals surface area (Å²) in [5, 5.41) is 10.6. The second kappa shape index (κ2) is 3.71. The SMILES string of the molecule is Cc1ccsc1-c1ccc(C#N)c(=O)[nH]1. The number of aryl methyl sites for hydroxylation is 1. The van der Waals surface area contributed by atoms with Crippen LogP contribution in [0.2, 0.25) is 0 Å². The first-order valence-electron chi connectivity index (χ1n) is 4.40. The first-order valence-corrected chi connectivity index (χ1v) is 5.28. The van der Waals surface area contributed by atoms with E-state index in [2.05, 4.69) is 4.98 Å². The van der Waals surface area contributed by atoms with E-state index in [4.69, 9.17) is 5.26 Å². The molecular formula is C11H8N2OS. The zero-order valence-corrected chi connectivity index (χ0v) is 8.89. The fourth-order valence-electron chi connectivity index (χ4n) is 1.34. The third-order valence-electron chi connectivity index (χ3n) is 2.14. The minimum absolute atomic E-state index is 0.146. The van der Waals surface area contributed by atoms with Crippen LogP contribution >= 0.6 is 11.3 Å². The van der Waals surface area contributed by atoms with Gasteiger partial charge in [-0.2, -0.15) is 5.26 Å². The molecule has 2 heterocycles. The Bertz CT molecular complexity index is 589. The van der Waals surface area contributed by atoms with Crippen LogP contribution in [0.15, 0.2) is 28.4 Å². The van der Waals surface area contributed by atoms with Gasteiger partial charge in [0, 0.05) is 0 Å². The molecule has 74 valence electrons. The first-order chi connectivity index (χ1) is 7.22. The Hall–Kier alpha value is -1.86. The molecule has 0 fully saturated rings. The summed E-state index contributed by atoms with van der Waals surface area (Å²) in [6.45, 7) is 1.99. The molecule has 0 radical (unpaired) electrons. The van der Waals surface area contributed by atoms with Crippen molar-refractivity contribution in [2.45, 2.75) is 6.92 Å². The van der Waals surface area contributed by atoms with Gasteiger partial charge in [0.2, 0.25) is 0 Å². The number of nitrogens with zero attached hydrogens (tertiary/aromatic N) is 1. The molecule has 2 aromatic rings. The van der Waals surface area contributed by atoms with Gasteiger partial charge in [-0.3, -0.25) is 4.79 Å². The molecule has 15 heavy (non-hydrogen) atoms. The molecule has 0 aromatic carbocycles. The molecule has 0 unspecified atom stereocenters. The highest BCUT2D eigenvalue weighted by Gasteiger charge is 2.05. The number of thiophene rings is 1.